The van der Waals surface area contributed by atoms with Gasteiger partial charge in [-0.3, -0.25) is 0 Å². The second-order valence-corrected chi connectivity index (χ2v) is 5.60. The van der Waals surface area contributed by atoms with E-state index in [1.807, 2.05) is 25.1 Å². The topological polar surface area (TPSA) is 47.0 Å². The summed E-state index contributed by atoms with van der Waals surface area (Å²) < 4.78 is 5.93. The van der Waals surface area contributed by atoms with E-state index in [0.717, 1.165) is 17.9 Å². The van der Waals surface area contributed by atoms with Crippen molar-refractivity contribution < 1.29 is 4.74 Å². The minimum Gasteiger partial charge on any atom is -0.439 e. The summed E-state index contributed by atoms with van der Waals surface area (Å²) in [4.78, 5) is 8.48. The molecule has 1 aromatic heterocycles. The van der Waals surface area contributed by atoms with E-state index in [2.05, 4.69) is 42.1 Å². The van der Waals surface area contributed by atoms with Crippen LogP contribution >= 0.6 is 0 Å². The normalized spacial score (nSPS) is 11.2. The molecule has 0 unspecified atom stereocenters. The Labute approximate surface area is 120 Å². The van der Waals surface area contributed by atoms with Crippen LogP contribution in [0.25, 0.3) is 0 Å². The van der Waals surface area contributed by atoms with Gasteiger partial charge in [0.1, 0.15) is 5.75 Å². The van der Waals surface area contributed by atoms with Crippen LogP contribution in [0.2, 0.25) is 0 Å². The van der Waals surface area contributed by atoms with Crippen molar-refractivity contribution in [3.8, 4) is 11.6 Å². The fraction of sp³-hybridized carbons (Fsp3) is 0.375. The SMILES string of the molecule is CCNc1nccc(Oc2ccccc2C(C)(C)C)n1. The number of aromatic nitrogens is 2. The van der Waals surface area contributed by atoms with Gasteiger partial charge in [0.2, 0.25) is 11.8 Å². The van der Waals surface area contributed by atoms with Crippen molar-refractivity contribution in [1.29, 1.82) is 0 Å². The Morgan fingerprint density at radius 1 is 1.15 bits per heavy atom. The number of hydrogen-bond donors (Lipinski definition) is 1. The summed E-state index contributed by atoms with van der Waals surface area (Å²) in [5.74, 6) is 1.96. The van der Waals surface area contributed by atoms with Gasteiger partial charge >= 0.3 is 0 Å². The second-order valence-electron chi connectivity index (χ2n) is 5.60. The summed E-state index contributed by atoms with van der Waals surface area (Å²) in [6.07, 6.45) is 1.69. The van der Waals surface area contributed by atoms with Crippen LogP contribution < -0.4 is 10.1 Å². The van der Waals surface area contributed by atoms with E-state index in [9.17, 15) is 0 Å². The van der Waals surface area contributed by atoms with Crippen molar-refractivity contribution in [3.05, 3.63) is 42.1 Å². The van der Waals surface area contributed by atoms with Crippen molar-refractivity contribution in [2.75, 3.05) is 11.9 Å². The van der Waals surface area contributed by atoms with E-state index in [-0.39, 0.29) is 5.41 Å². The molecule has 1 heterocycles. The number of rotatable bonds is 4. The molecule has 0 radical (unpaired) electrons. The van der Waals surface area contributed by atoms with Crippen LogP contribution in [-0.4, -0.2) is 16.5 Å². The maximum Gasteiger partial charge on any atom is 0.225 e. The molecule has 0 aliphatic carbocycles. The third-order valence-electron chi connectivity index (χ3n) is 2.87. The lowest BCUT2D eigenvalue weighted by atomic mass is 9.86. The van der Waals surface area contributed by atoms with Crippen molar-refractivity contribution in [3.63, 3.8) is 0 Å². The Kier molecular flexibility index (Phi) is 4.23. The van der Waals surface area contributed by atoms with Crippen LogP contribution in [0.4, 0.5) is 5.95 Å². The lowest BCUT2D eigenvalue weighted by Gasteiger charge is -2.22. The molecule has 0 amide bonds. The summed E-state index contributed by atoms with van der Waals surface area (Å²) in [6, 6.07) is 9.81. The molecule has 0 aliphatic rings. The lowest BCUT2D eigenvalue weighted by molar-refractivity contribution is 0.439. The molecular formula is C16H21N3O. The Bertz CT molecular complexity index is 576. The van der Waals surface area contributed by atoms with Gasteiger partial charge in [-0.1, -0.05) is 39.0 Å². The first-order valence-electron chi connectivity index (χ1n) is 6.85. The Morgan fingerprint density at radius 3 is 2.60 bits per heavy atom. The average molecular weight is 271 g/mol. The van der Waals surface area contributed by atoms with Crippen molar-refractivity contribution in [2.24, 2.45) is 0 Å². The minimum absolute atomic E-state index is 0.0219. The first-order chi connectivity index (χ1) is 9.50. The van der Waals surface area contributed by atoms with Crippen molar-refractivity contribution in [1.82, 2.24) is 9.97 Å². The van der Waals surface area contributed by atoms with Gasteiger partial charge < -0.3 is 10.1 Å². The standard InChI is InChI=1S/C16H21N3O/c1-5-17-15-18-11-10-14(19-15)20-13-9-7-6-8-12(13)16(2,3)4/h6-11H,5H2,1-4H3,(H,17,18,19). The van der Waals surface area contributed by atoms with Gasteiger partial charge in [-0.2, -0.15) is 4.98 Å². The zero-order valence-corrected chi connectivity index (χ0v) is 12.5. The van der Waals surface area contributed by atoms with Crippen molar-refractivity contribution in [2.45, 2.75) is 33.1 Å². The number of nitrogens with one attached hydrogen (secondary N) is 1. The fourth-order valence-corrected chi connectivity index (χ4v) is 1.93. The van der Waals surface area contributed by atoms with Gasteiger partial charge in [0.25, 0.3) is 0 Å². The maximum absolute atomic E-state index is 5.93. The maximum atomic E-state index is 5.93. The molecule has 0 atom stereocenters. The molecule has 0 bridgehead atoms. The van der Waals surface area contributed by atoms with E-state index in [1.54, 1.807) is 12.3 Å². The summed E-state index contributed by atoms with van der Waals surface area (Å²) in [7, 11) is 0. The van der Waals surface area contributed by atoms with Gasteiger partial charge in [0.05, 0.1) is 0 Å². The van der Waals surface area contributed by atoms with Gasteiger partial charge in [-0.05, 0) is 18.4 Å². The third-order valence-corrected chi connectivity index (χ3v) is 2.87. The van der Waals surface area contributed by atoms with Crippen LogP contribution in [0, 0.1) is 0 Å². The molecule has 106 valence electrons. The molecule has 0 aliphatic heterocycles. The first kappa shape index (κ1) is 14.3. The Morgan fingerprint density at radius 2 is 1.90 bits per heavy atom. The molecule has 2 rings (SSSR count). The van der Waals surface area contributed by atoms with Crippen LogP contribution in [-0.2, 0) is 5.41 Å². The highest BCUT2D eigenvalue weighted by atomic mass is 16.5. The Balaban J connectivity index is 2.28. The number of anilines is 1. The summed E-state index contributed by atoms with van der Waals surface area (Å²) >= 11 is 0. The number of benzene rings is 1. The average Bonchev–Trinajstić information content (AvgIpc) is 2.39. The number of hydrogen-bond acceptors (Lipinski definition) is 4. The van der Waals surface area contributed by atoms with E-state index < -0.39 is 0 Å². The molecule has 4 heteroatoms. The molecule has 0 saturated carbocycles. The molecule has 1 aromatic carbocycles. The zero-order chi connectivity index (χ0) is 14.6. The van der Waals surface area contributed by atoms with E-state index >= 15 is 0 Å². The van der Waals surface area contributed by atoms with Gasteiger partial charge in [0, 0.05) is 24.4 Å². The molecular weight excluding hydrogens is 250 g/mol. The smallest absolute Gasteiger partial charge is 0.225 e. The second kappa shape index (κ2) is 5.90. The molecule has 0 fully saturated rings. The van der Waals surface area contributed by atoms with Gasteiger partial charge in [-0.15, -0.1) is 0 Å². The van der Waals surface area contributed by atoms with E-state index in [0.29, 0.717) is 11.8 Å². The number of ether oxygens (including phenoxy) is 1. The predicted octanol–water partition coefficient (Wildman–Crippen LogP) is 4.00. The molecule has 1 N–H and O–H groups in total. The highest BCUT2D eigenvalue weighted by Crippen LogP contribution is 2.33. The Hall–Kier alpha value is -2.10. The first-order valence-corrected chi connectivity index (χ1v) is 6.85. The van der Waals surface area contributed by atoms with E-state index in [4.69, 9.17) is 4.74 Å². The van der Waals surface area contributed by atoms with Gasteiger partial charge in [0.15, 0.2) is 0 Å². The van der Waals surface area contributed by atoms with Crippen molar-refractivity contribution >= 4 is 5.95 Å². The fourth-order valence-electron chi connectivity index (χ4n) is 1.93. The molecule has 4 nitrogen and oxygen atoms in total. The quantitative estimate of drug-likeness (QED) is 0.913. The van der Waals surface area contributed by atoms with Crippen LogP contribution in [0.1, 0.15) is 33.3 Å². The summed E-state index contributed by atoms with van der Waals surface area (Å²) in [6.45, 7) is 9.28. The monoisotopic (exact) mass is 271 g/mol. The number of nitrogens with zero attached hydrogens (tertiary/aromatic N) is 2. The number of para-hydroxylation sites is 1. The lowest BCUT2D eigenvalue weighted by Crippen LogP contribution is -2.12. The molecule has 0 saturated heterocycles. The molecule has 0 spiro atoms. The van der Waals surface area contributed by atoms with E-state index in [1.165, 1.54) is 0 Å². The summed E-state index contributed by atoms with van der Waals surface area (Å²) in [5, 5.41) is 3.08. The predicted molar refractivity (Wildman–Crippen MR) is 81.4 cm³/mol. The minimum atomic E-state index is 0.0219. The van der Waals surface area contributed by atoms with Crippen LogP contribution in [0.3, 0.4) is 0 Å². The van der Waals surface area contributed by atoms with Gasteiger partial charge in [-0.25, -0.2) is 4.98 Å². The highest BCUT2D eigenvalue weighted by Gasteiger charge is 2.19. The largest absolute Gasteiger partial charge is 0.439 e. The zero-order valence-electron chi connectivity index (χ0n) is 12.5. The highest BCUT2D eigenvalue weighted by molar-refractivity contribution is 5.41. The summed E-state index contributed by atoms with van der Waals surface area (Å²) in [5.41, 5.74) is 1.18. The van der Waals surface area contributed by atoms with Crippen LogP contribution in [0.5, 0.6) is 11.6 Å². The molecule has 20 heavy (non-hydrogen) atoms. The third kappa shape index (κ3) is 3.47. The van der Waals surface area contributed by atoms with Crippen LogP contribution in [0.15, 0.2) is 36.5 Å². The molecule has 2 aromatic rings.